The average Bonchev–Trinajstić information content (AvgIpc) is 2.41. The van der Waals surface area contributed by atoms with Crippen molar-refractivity contribution < 1.29 is 0 Å². The van der Waals surface area contributed by atoms with Crippen molar-refractivity contribution in [3.05, 3.63) is 54.4 Å². The van der Waals surface area contributed by atoms with E-state index in [1.165, 1.54) is 16.3 Å². The molecule has 1 nitrogen and oxygen atoms in total. The largest absolute Gasteiger partial charge is 0.281 e. The number of hydrogen-bond donors (Lipinski definition) is 0. The summed E-state index contributed by atoms with van der Waals surface area (Å²) < 4.78 is 0. The Labute approximate surface area is 127 Å². The molecule has 3 heteroatoms. The zero-order valence-corrected chi connectivity index (χ0v) is 14.6. The molecule has 0 fully saturated rings. The van der Waals surface area contributed by atoms with Gasteiger partial charge in [0.05, 0.1) is 13.1 Å². The number of nitrogens with zero attached hydrogens (tertiary/aromatic N) is 1. The molecule has 0 saturated carbocycles. The van der Waals surface area contributed by atoms with Crippen LogP contribution in [-0.4, -0.2) is 25.5 Å². The summed E-state index contributed by atoms with van der Waals surface area (Å²) in [7, 11) is -1.16. The first-order chi connectivity index (χ1) is 9.42. The van der Waals surface area contributed by atoms with E-state index in [0.717, 1.165) is 16.8 Å². The van der Waals surface area contributed by atoms with E-state index in [4.69, 9.17) is 4.99 Å². The van der Waals surface area contributed by atoms with Gasteiger partial charge in [-0.3, -0.25) is 4.99 Å². The summed E-state index contributed by atoms with van der Waals surface area (Å²) in [6, 6.07) is 12.7. The number of fused-ring (bicyclic) bond motifs is 1. The Morgan fingerprint density at radius 3 is 2.35 bits per heavy atom. The van der Waals surface area contributed by atoms with Crippen LogP contribution in [-0.2, 0) is 0 Å². The quantitative estimate of drug-likeness (QED) is 0.441. The van der Waals surface area contributed by atoms with E-state index >= 15 is 0 Å². The lowest BCUT2D eigenvalue weighted by Gasteiger charge is -2.14. The van der Waals surface area contributed by atoms with Gasteiger partial charge in [0.2, 0.25) is 0 Å². The molecule has 2 rings (SSSR count). The van der Waals surface area contributed by atoms with E-state index in [1.807, 2.05) is 0 Å². The van der Waals surface area contributed by atoms with Crippen molar-refractivity contribution in [1.82, 2.24) is 0 Å². The minimum atomic E-state index is -1.16. The van der Waals surface area contributed by atoms with Crippen molar-refractivity contribution in [1.29, 1.82) is 0 Å². The Kier molecular flexibility index (Phi) is 4.71. The number of benzene rings is 2. The third-order valence-corrected chi connectivity index (χ3v) is 4.98. The maximum atomic E-state index is 4.88. The van der Waals surface area contributed by atoms with Crippen molar-refractivity contribution >= 4 is 35.7 Å². The standard InChI is InChI=1S/C17H22NSSi/c1-13-10-11-16(15-9-7-6-8-14(13)15)17(19-2)18-12-20(3,4)5/h6-11H,1,12H2,2-5H3/b18-17-. The minimum Gasteiger partial charge on any atom is -0.281 e. The molecular weight excluding hydrogens is 278 g/mol. The summed E-state index contributed by atoms with van der Waals surface area (Å²) >= 11 is 1.74. The van der Waals surface area contributed by atoms with Crippen LogP contribution in [0.2, 0.25) is 19.6 Å². The highest BCUT2D eigenvalue weighted by molar-refractivity contribution is 8.13. The molecule has 0 bridgehead atoms. The molecule has 0 aromatic heterocycles. The Morgan fingerprint density at radius 2 is 1.75 bits per heavy atom. The van der Waals surface area contributed by atoms with E-state index in [2.05, 4.69) is 69.2 Å². The van der Waals surface area contributed by atoms with Crippen LogP contribution < -0.4 is 0 Å². The second kappa shape index (κ2) is 6.14. The van der Waals surface area contributed by atoms with Gasteiger partial charge in [0.25, 0.3) is 0 Å². The van der Waals surface area contributed by atoms with Crippen LogP contribution in [0.15, 0.2) is 41.4 Å². The first kappa shape index (κ1) is 15.3. The van der Waals surface area contributed by atoms with E-state index < -0.39 is 8.07 Å². The summed E-state index contributed by atoms with van der Waals surface area (Å²) in [4.78, 5) is 4.88. The lowest BCUT2D eigenvalue weighted by molar-refractivity contribution is 1.29. The molecule has 1 radical (unpaired) electrons. The van der Waals surface area contributed by atoms with Crippen molar-refractivity contribution in [2.45, 2.75) is 19.6 Å². The molecule has 0 aliphatic carbocycles. The number of aliphatic imine (C=N–C) groups is 1. The highest BCUT2D eigenvalue weighted by atomic mass is 32.2. The zero-order chi connectivity index (χ0) is 14.8. The number of rotatable bonds is 3. The van der Waals surface area contributed by atoms with Gasteiger partial charge in [-0.15, -0.1) is 11.8 Å². The Hall–Kier alpha value is -1.06. The molecule has 2 aromatic carbocycles. The van der Waals surface area contributed by atoms with Crippen LogP contribution in [0.4, 0.5) is 0 Å². The average molecular weight is 301 g/mol. The Morgan fingerprint density at radius 1 is 1.10 bits per heavy atom. The fraction of sp³-hybridized carbons (Fsp3) is 0.294. The van der Waals surface area contributed by atoms with Crippen LogP contribution in [0.5, 0.6) is 0 Å². The van der Waals surface area contributed by atoms with Gasteiger partial charge in [0.15, 0.2) is 0 Å². The van der Waals surface area contributed by atoms with Crippen molar-refractivity contribution in [3.8, 4) is 0 Å². The van der Waals surface area contributed by atoms with Crippen molar-refractivity contribution in [2.75, 3.05) is 12.4 Å². The predicted octanol–water partition coefficient (Wildman–Crippen LogP) is 5.01. The minimum absolute atomic E-state index is 0.976. The topological polar surface area (TPSA) is 12.4 Å². The van der Waals surface area contributed by atoms with Gasteiger partial charge in [0.1, 0.15) is 0 Å². The van der Waals surface area contributed by atoms with Gasteiger partial charge in [-0.1, -0.05) is 56.0 Å². The first-order valence-corrected chi connectivity index (χ1v) is 11.8. The summed E-state index contributed by atoms with van der Waals surface area (Å²) in [5.74, 6) is 0. The first-order valence-electron chi connectivity index (χ1n) is 6.85. The molecule has 105 valence electrons. The van der Waals surface area contributed by atoms with Gasteiger partial charge >= 0.3 is 0 Å². The third kappa shape index (κ3) is 3.52. The van der Waals surface area contributed by atoms with Crippen molar-refractivity contribution in [2.24, 2.45) is 4.99 Å². The second-order valence-corrected chi connectivity index (χ2v) is 12.4. The van der Waals surface area contributed by atoms with Gasteiger partial charge < -0.3 is 0 Å². The molecule has 0 saturated heterocycles. The maximum Gasteiger partial charge on any atom is 0.0976 e. The highest BCUT2D eigenvalue weighted by Crippen LogP contribution is 2.25. The summed E-state index contributed by atoms with van der Waals surface area (Å²) in [5.41, 5.74) is 2.31. The van der Waals surface area contributed by atoms with E-state index in [0.29, 0.717) is 0 Å². The molecule has 0 amide bonds. The Bertz CT molecular complexity index is 641. The van der Waals surface area contributed by atoms with Gasteiger partial charge in [-0.25, -0.2) is 0 Å². The zero-order valence-electron chi connectivity index (χ0n) is 12.7. The predicted molar refractivity (Wildman–Crippen MR) is 96.7 cm³/mol. The molecule has 0 atom stereocenters. The highest BCUT2D eigenvalue weighted by Gasteiger charge is 2.14. The molecule has 0 heterocycles. The summed E-state index contributed by atoms with van der Waals surface area (Å²) in [6.45, 7) is 11.2. The van der Waals surface area contributed by atoms with E-state index in [-0.39, 0.29) is 0 Å². The fourth-order valence-electron chi connectivity index (χ4n) is 2.12. The van der Waals surface area contributed by atoms with Crippen LogP contribution in [0.3, 0.4) is 0 Å². The fourth-order valence-corrected chi connectivity index (χ4v) is 3.46. The molecular formula is C17H22NSSi. The molecule has 0 aliphatic rings. The second-order valence-electron chi connectivity index (χ2n) is 6.20. The third-order valence-electron chi connectivity index (χ3n) is 3.14. The number of hydrogen-bond acceptors (Lipinski definition) is 2. The van der Waals surface area contributed by atoms with E-state index in [9.17, 15) is 0 Å². The molecule has 0 aliphatic heterocycles. The lowest BCUT2D eigenvalue weighted by atomic mass is 10.0. The van der Waals surface area contributed by atoms with Crippen LogP contribution in [0.1, 0.15) is 11.1 Å². The van der Waals surface area contributed by atoms with Gasteiger partial charge in [-0.05, 0) is 29.5 Å². The Balaban J connectivity index is 2.53. The van der Waals surface area contributed by atoms with Gasteiger partial charge in [0, 0.05) is 11.7 Å². The van der Waals surface area contributed by atoms with Crippen molar-refractivity contribution in [3.63, 3.8) is 0 Å². The monoisotopic (exact) mass is 300 g/mol. The number of thioether (sulfide) groups is 1. The normalized spacial score (nSPS) is 12.9. The van der Waals surface area contributed by atoms with Crippen LogP contribution >= 0.6 is 11.8 Å². The van der Waals surface area contributed by atoms with Crippen LogP contribution in [0.25, 0.3) is 10.8 Å². The molecule has 0 spiro atoms. The van der Waals surface area contributed by atoms with E-state index in [1.54, 1.807) is 11.8 Å². The SMILES string of the molecule is [CH2]c1ccc(/C(=N/C[Si](C)(C)C)SC)c2ccccc12. The lowest BCUT2D eigenvalue weighted by Crippen LogP contribution is -2.25. The molecule has 0 unspecified atom stereocenters. The molecule has 2 aromatic rings. The molecule has 0 N–H and O–H groups in total. The maximum absolute atomic E-state index is 4.88. The molecule has 20 heavy (non-hydrogen) atoms. The summed E-state index contributed by atoms with van der Waals surface area (Å²) in [5, 5.41) is 3.62. The van der Waals surface area contributed by atoms with Crippen LogP contribution in [0, 0.1) is 6.92 Å². The summed E-state index contributed by atoms with van der Waals surface area (Å²) in [6.07, 6.45) is 3.08. The van der Waals surface area contributed by atoms with Gasteiger partial charge in [-0.2, -0.15) is 0 Å². The smallest absolute Gasteiger partial charge is 0.0976 e.